The second-order valence-corrected chi connectivity index (χ2v) is 6.33. The number of hydrogen-bond acceptors (Lipinski definition) is 2. The van der Waals surface area contributed by atoms with E-state index in [0.29, 0.717) is 16.7 Å². The zero-order chi connectivity index (χ0) is 17.5. The number of halogens is 2. The summed E-state index contributed by atoms with van der Waals surface area (Å²) in [5.41, 5.74) is 1.80. The summed E-state index contributed by atoms with van der Waals surface area (Å²) < 4.78 is 5.72. The van der Waals surface area contributed by atoms with Crippen LogP contribution in [0.4, 0.5) is 0 Å². The van der Waals surface area contributed by atoms with Crippen molar-refractivity contribution in [1.29, 1.82) is 0 Å². The molecule has 0 aromatic heterocycles. The topological polar surface area (TPSA) is 38.3 Å². The molecule has 0 unspecified atom stereocenters. The summed E-state index contributed by atoms with van der Waals surface area (Å²) in [4.78, 5) is 12.0. The van der Waals surface area contributed by atoms with Crippen LogP contribution < -0.4 is 10.1 Å². The number of amides is 1. The van der Waals surface area contributed by atoms with Crippen molar-refractivity contribution in [2.45, 2.75) is 19.9 Å². The van der Waals surface area contributed by atoms with Gasteiger partial charge in [0, 0.05) is 16.1 Å². The predicted octanol–water partition coefficient (Wildman–Crippen LogP) is 4.90. The van der Waals surface area contributed by atoms with E-state index >= 15 is 0 Å². The van der Waals surface area contributed by atoms with E-state index in [1.54, 1.807) is 24.3 Å². The van der Waals surface area contributed by atoms with Crippen LogP contribution in [0.1, 0.15) is 18.1 Å². The quantitative estimate of drug-likeness (QED) is 0.741. The van der Waals surface area contributed by atoms with Crippen LogP contribution in [0.5, 0.6) is 5.75 Å². The zero-order valence-corrected chi connectivity index (χ0v) is 15.1. The molecule has 1 atom stereocenters. The molecule has 0 saturated heterocycles. The summed E-state index contributed by atoms with van der Waals surface area (Å²) in [6, 6.07) is 12.8. The molecule has 2 aromatic rings. The lowest BCUT2D eigenvalue weighted by Crippen LogP contribution is -2.35. The number of hydrogen-bond donors (Lipinski definition) is 1. The van der Waals surface area contributed by atoms with Gasteiger partial charge in [-0.15, -0.1) is 0 Å². The Kier molecular flexibility index (Phi) is 6.71. The number of aryl methyl sites for hydroxylation is 1. The minimum atomic E-state index is -0.207. The molecular formula is C19H19Cl2NO2. The molecule has 2 aromatic carbocycles. The molecular weight excluding hydrogens is 345 g/mol. The van der Waals surface area contributed by atoms with Crippen molar-refractivity contribution in [1.82, 2.24) is 5.32 Å². The minimum absolute atomic E-state index is 0.123. The van der Waals surface area contributed by atoms with Gasteiger partial charge in [0.2, 0.25) is 5.91 Å². The fraction of sp³-hybridized carbons (Fsp3) is 0.211. The molecule has 0 aliphatic rings. The Balaban J connectivity index is 1.85. The lowest BCUT2D eigenvalue weighted by atomic mass is 10.2. The van der Waals surface area contributed by atoms with Crippen LogP contribution >= 0.6 is 23.2 Å². The monoisotopic (exact) mass is 363 g/mol. The van der Waals surface area contributed by atoms with Gasteiger partial charge in [0.05, 0.1) is 6.04 Å². The first kappa shape index (κ1) is 18.4. The van der Waals surface area contributed by atoms with Gasteiger partial charge in [-0.05, 0) is 49.2 Å². The maximum atomic E-state index is 12.0. The smallest absolute Gasteiger partial charge is 0.244 e. The van der Waals surface area contributed by atoms with Gasteiger partial charge in [0.1, 0.15) is 12.4 Å². The molecule has 0 aliphatic heterocycles. The molecule has 1 N–H and O–H groups in total. The van der Waals surface area contributed by atoms with Gasteiger partial charge in [-0.1, -0.05) is 47.5 Å². The summed E-state index contributed by atoms with van der Waals surface area (Å²) in [6.07, 6.45) is 3.10. The summed E-state index contributed by atoms with van der Waals surface area (Å²) in [5, 5.41) is 3.91. The fourth-order valence-electron chi connectivity index (χ4n) is 2.07. The molecule has 1 amide bonds. The molecule has 0 bridgehead atoms. The van der Waals surface area contributed by atoms with Gasteiger partial charge in [-0.25, -0.2) is 0 Å². The standard InChI is InChI=1S/C19H19Cl2NO2/c1-13-5-3-4-6-18(13)24-12-14(2)22-19(23)10-8-15-7-9-16(20)11-17(15)21/h3-11,14H,12H2,1-2H3,(H,22,23)/b10-8+/t14-/m0/s1. The second kappa shape index (κ2) is 8.76. The SMILES string of the molecule is Cc1ccccc1OC[C@H](C)NC(=O)/C=C/c1ccc(Cl)cc1Cl. The highest BCUT2D eigenvalue weighted by molar-refractivity contribution is 6.35. The minimum Gasteiger partial charge on any atom is -0.491 e. The zero-order valence-electron chi connectivity index (χ0n) is 13.6. The van der Waals surface area contributed by atoms with Gasteiger partial charge in [0.25, 0.3) is 0 Å². The summed E-state index contributed by atoms with van der Waals surface area (Å²) in [6.45, 7) is 4.27. The highest BCUT2D eigenvalue weighted by atomic mass is 35.5. The first-order valence-corrected chi connectivity index (χ1v) is 8.33. The summed E-state index contributed by atoms with van der Waals surface area (Å²) in [7, 11) is 0. The Morgan fingerprint density at radius 1 is 1.25 bits per heavy atom. The Bertz CT molecular complexity index is 744. The van der Waals surface area contributed by atoms with E-state index in [1.165, 1.54) is 6.08 Å². The molecule has 2 rings (SSSR count). The highest BCUT2D eigenvalue weighted by Crippen LogP contribution is 2.22. The maximum Gasteiger partial charge on any atom is 0.244 e. The molecule has 0 heterocycles. The number of carbonyl (C=O) groups excluding carboxylic acids is 1. The maximum absolute atomic E-state index is 12.0. The Morgan fingerprint density at radius 3 is 2.71 bits per heavy atom. The van der Waals surface area contributed by atoms with Crippen LogP contribution in [0.25, 0.3) is 6.08 Å². The second-order valence-electron chi connectivity index (χ2n) is 5.49. The molecule has 24 heavy (non-hydrogen) atoms. The lowest BCUT2D eigenvalue weighted by Gasteiger charge is -2.15. The Hall–Kier alpha value is -1.97. The van der Waals surface area contributed by atoms with Gasteiger partial charge in [-0.3, -0.25) is 4.79 Å². The number of para-hydroxylation sites is 1. The van der Waals surface area contributed by atoms with E-state index in [2.05, 4.69) is 5.32 Å². The molecule has 3 nitrogen and oxygen atoms in total. The van der Waals surface area contributed by atoms with E-state index in [-0.39, 0.29) is 11.9 Å². The van der Waals surface area contributed by atoms with E-state index in [4.69, 9.17) is 27.9 Å². The molecule has 0 spiro atoms. The molecule has 0 fully saturated rings. The van der Waals surface area contributed by atoms with E-state index < -0.39 is 0 Å². The molecule has 5 heteroatoms. The molecule has 0 saturated carbocycles. The molecule has 126 valence electrons. The Morgan fingerprint density at radius 2 is 2.00 bits per heavy atom. The summed E-state index contributed by atoms with van der Waals surface area (Å²) in [5.74, 6) is 0.615. The highest BCUT2D eigenvalue weighted by Gasteiger charge is 2.07. The third kappa shape index (κ3) is 5.59. The van der Waals surface area contributed by atoms with Crippen molar-refractivity contribution in [3.05, 3.63) is 69.7 Å². The van der Waals surface area contributed by atoms with E-state index in [1.807, 2.05) is 38.1 Å². The van der Waals surface area contributed by atoms with Crippen LogP contribution in [0.2, 0.25) is 10.0 Å². The van der Waals surface area contributed by atoms with E-state index in [0.717, 1.165) is 16.9 Å². The Labute approximate surface area is 152 Å². The first-order chi connectivity index (χ1) is 11.5. The van der Waals surface area contributed by atoms with Crippen molar-refractivity contribution in [3.8, 4) is 5.75 Å². The number of ether oxygens (including phenoxy) is 1. The van der Waals surface area contributed by atoms with Crippen LogP contribution in [0, 0.1) is 6.92 Å². The average Bonchev–Trinajstić information content (AvgIpc) is 2.53. The van der Waals surface area contributed by atoms with Gasteiger partial charge in [-0.2, -0.15) is 0 Å². The third-order valence-corrected chi connectivity index (χ3v) is 3.91. The molecule has 0 aliphatic carbocycles. The third-order valence-electron chi connectivity index (χ3n) is 3.35. The van der Waals surface area contributed by atoms with Crippen molar-refractivity contribution in [2.24, 2.45) is 0 Å². The number of benzene rings is 2. The van der Waals surface area contributed by atoms with Crippen molar-refractivity contribution in [2.75, 3.05) is 6.61 Å². The number of nitrogens with one attached hydrogen (secondary N) is 1. The molecule has 0 radical (unpaired) electrons. The van der Waals surface area contributed by atoms with Crippen LogP contribution in [0.3, 0.4) is 0 Å². The average molecular weight is 364 g/mol. The largest absolute Gasteiger partial charge is 0.491 e. The normalized spacial score (nSPS) is 12.2. The number of carbonyl (C=O) groups is 1. The van der Waals surface area contributed by atoms with Crippen LogP contribution in [-0.4, -0.2) is 18.6 Å². The van der Waals surface area contributed by atoms with Crippen molar-refractivity contribution < 1.29 is 9.53 Å². The lowest BCUT2D eigenvalue weighted by molar-refractivity contribution is -0.117. The van der Waals surface area contributed by atoms with Gasteiger partial charge < -0.3 is 10.1 Å². The van der Waals surface area contributed by atoms with Gasteiger partial charge >= 0.3 is 0 Å². The van der Waals surface area contributed by atoms with Crippen molar-refractivity contribution in [3.63, 3.8) is 0 Å². The predicted molar refractivity (Wildman–Crippen MR) is 99.8 cm³/mol. The first-order valence-electron chi connectivity index (χ1n) is 7.58. The fourth-order valence-corrected chi connectivity index (χ4v) is 2.54. The summed E-state index contributed by atoms with van der Waals surface area (Å²) >= 11 is 11.9. The number of rotatable bonds is 6. The van der Waals surface area contributed by atoms with Crippen LogP contribution in [-0.2, 0) is 4.79 Å². The van der Waals surface area contributed by atoms with Crippen LogP contribution in [0.15, 0.2) is 48.5 Å². The van der Waals surface area contributed by atoms with Gasteiger partial charge in [0.15, 0.2) is 0 Å². The van der Waals surface area contributed by atoms with Crippen molar-refractivity contribution >= 4 is 35.2 Å². The van der Waals surface area contributed by atoms with E-state index in [9.17, 15) is 4.79 Å².